The molecule has 2 aromatic carbocycles. The number of amides is 1. The van der Waals surface area contributed by atoms with Gasteiger partial charge in [-0.05, 0) is 58.7 Å². The number of aryl methyl sites for hydroxylation is 1. The summed E-state index contributed by atoms with van der Waals surface area (Å²) in [5, 5.41) is 7.85. The molecule has 5 heteroatoms. The summed E-state index contributed by atoms with van der Waals surface area (Å²) in [6.07, 6.45) is 2.19. The average molecular weight is 417 g/mol. The van der Waals surface area contributed by atoms with Crippen LogP contribution < -0.4 is 15.5 Å². The van der Waals surface area contributed by atoms with Crippen LogP contribution in [0.3, 0.4) is 0 Å². The zero-order chi connectivity index (χ0) is 22.0. The molecule has 1 aliphatic heterocycles. The third kappa shape index (κ3) is 5.23. The van der Waals surface area contributed by atoms with Crippen LogP contribution in [0.5, 0.6) is 0 Å². The van der Waals surface area contributed by atoms with Crippen LogP contribution in [-0.4, -0.2) is 35.6 Å². The fourth-order valence-electron chi connectivity index (χ4n) is 4.25. The number of hydrogen-bond acceptors (Lipinski definition) is 4. The zero-order valence-corrected chi connectivity index (χ0v) is 18.9. The Balaban J connectivity index is 1.57. The molecule has 0 spiro atoms. The maximum atomic E-state index is 12.8. The molecular formula is C26H32N4O. The monoisotopic (exact) mass is 416 g/mol. The molecular weight excluding hydrogens is 384 g/mol. The van der Waals surface area contributed by atoms with Gasteiger partial charge in [0.2, 0.25) is 0 Å². The Morgan fingerprint density at radius 3 is 2.39 bits per heavy atom. The molecule has 2 heterocycles. The van der Waals surface area contributed by atoms with Crippen molar-refractivity contribution >= 4 is 28.3 Å². The van der Waals surface area contributed by atoms with E-state index in [1.54, 1.807) is 0 Å². The Morgan fingerprint density at radius 2 is 1.71 bits per heavy atom. The van der Waals surface area contributed by atoms with E-state index in [0.717, 1.165) is 48.1 Å². The van der Waals surface area contributed by atoms with Crippen LogP contribution in [0.15, 0.2) is 54.6 Å². The quantitative estimate of drug-likeness (QED) is 0.617. The van der Waals surface area contributed by atoms with Gasteiger partial charge in [0.25, 0.3) is 5.91 Å². The van der Waals surface area contributed by atoms with Crippen molar-refractivity contribution in [1.82, 2.24) is 10.3 Å². The van der Waals surface area contributed by atoms with Crippen molar-refractivity contribution in [3.8, 4) is 0 Å². The summed E-state index contributed by atoms with van der Waals surface area (Å²) in [7, 11) is 0. The van der Waals surface area contributed by atoms with E-state index in [-0.39, 0.29) is 11.4 Å². The van der Waals surface area contributed by atoms with Crippen LogP contribution in [-0.2, 0) is 0 Å². The maximum absolute atomic E-state index is 12.8. The molecule has 2 N–H and O–H groups in total. The van der Waals surface area contributed by atoms with Crippen molar-refractivity contribution in [1.29, 1.82) is 0 Å². The third-order valence-corrected chi connectivity index (χ3v) is 5.72. The van der Waals surface area contributed by atoms with Gasteiger partial charge in [-0.1, -0.05) is 35.9 Å². The third-order valence-electron chi connectivity index (χ3n) is 5.72. The Labute approximate surface area is 184 Å². The van der Waals surface area contributed by atoms with Gasteiger partial charge in [0.15, 0.2) is 0 Å². The molecule has 31 heavy (non-hydrogen) atoms. The number of hydrogen-bond donors (Lipinski definition) is 2. The van der Waals surface area contributed by atoms with Crippen molar-refractivity contribution in [3.05, 3.63) is 65.7 Å². The van der Waals surface area contributed by atoms with Gasteiger partial charge in [0.1, 0.15) is 5.82 Å². The smallest absolute Gasteiger partial charge is 0.256 e. The van der Waals surface area contributed by atoms with E-state index in [9.17, 15) is 4.79 Å². The van der Waals surface area contributed by atoms with Gasteiger partial charge in [-0.2, -0.15) is 0 Å². The van der Waals surface area contributed by atoms with Gasteiger partial charge < -0.3 is 15.5 Å². The number of carbonyl (C=O) groups is 1. The largest absolute Gasteiger partial charge is 0.371 e. The van der Waals surface area contributed by atoms with Crippen molar-refractivity contribution in [2.75, 3.05) is 23.3 Å². The van der Waals surface area contributed by atoms with Crippen LogP contribution in [0.4, 0.5) is 11.5 Å². The highest BCUT2D eigenvalue weighted by Crippen LogP contribution is 2.31. The Morgan fingerprint density at radius 1 is 1.03 bits per heavy atom. The second-order valence-corrected chi connectivity index (χ2v) is 9.52. The minimum atomic E-state index is -0.137. The van der Waals surface area contributed by atoms with E-state index in [2.05, 4.69) is 42.4 Å². The van der Waals surface area contributed by atoms with Crippen LogP contribution in [0.25, 0.3) is 10.9 Å². The van der Waals surface area contributed by atoms with E-state index in [0.29, 0.717) is 17.4 Å². The molecule has 0 radical (unpaired) electrons. The highest BCUT2D eigenvalue weighted by Gasteiger charge is 2.24. The number of anilines is 2. The van der Waals surface area contributed by atoms with Gasteiger partial charge in [-0.25, -0.2) is 4.98 Å². The summed E-state index contributed by atoms with van der Waals surface area (Å²) in [5.41, 5.74) is 3.93. The molecule has 5 nitrogen and oxygen atoms in total. The van der Waals surface area contributed by atoms with Crippen LogP contribution in [0.1, 0.15) is 49.5 Å². The van der Waals surface area contributed by atoms with E-state index in [1.807, 2.05) is 55.5 Å². The number of nitrogens with zero attached hydrogens (tertiary/aromatic N) is 2. The van der Waals surface area contributed by atoms with Crippen LogP contribution >= 0.6 is 0 Å². The molecule has 0 saturated carbocycles. The molecule has 0 aliphatic carbocycles. The number of fused-ring (bicyclic) bond motifs is 1. The highest BCUT2D eigenvalue weighted by molar-refractivity contribution is 6.05. The Bertz CT molecular complexity index is 1060. The molecule has 0 bridgehead atoms. The molecule has 0 atom stereocenters. The molecule has 1 aliphatic rings. The van der Waals surface area contributed by atoms with E-state index < -0.39 is 0 Å². The summed E-state index contributed by atoms with van der Waals surface area (Å²) in [6.45, 7) is 10.6. The molecule has 162 valence electrons. The first-order valence-electron chi connectivity index (χ1n) is 11.1. The second-order valence-electron chi connectivity index (χ2n) is 9.52. The minimum absolute atomic E-state index is 0.129. The van der Waals surface area contributed by atoms with Crippen LogP contribution in [0.2, 0.25) is 0 Å². The second kappa shape index (κ2) is 8.67. The molecule has 3 aromatic rings. The van der Waals surface area contributed by atoms with Gasteiger partial charge in [-0.15, -0.1) is 0 Å². The first-order valence-corrected chi connectivity index (χ1v) is 11.1. The van der Waals surface area contributed by atoms with Gasteiger partial charge in [0.05, 0.1) is 5.52 Å². The summed E-state index contributed by atoms with van der Waals surface area (Å²) in [4.78, 5) is 19.9. The van der Waals surface area contributed by atoms with Gasteiger partial charge in [-0.3, -0.25) is 4.79 Å². The number of carbonyl (C=O) groups excluding carboxylic acids is 1. The first-order chi connectivity index (χ1) is 14.8. The van der Waals surface area contributed by atoms with Crippen molar-refractivity contribution in [2.24, 2.45) is 0 Å². The SMILES string of the molecule is Cc1ccc(C(=O)Nc2cc(N3CCC(NC(C)(C)C)CC3)c3ccccc3n2)cc1. The standard InChI is InChI=1S/C26H32N4O/c1-18-9-11-19(12-10-18)25(31)28-24-17-23(21-7-5-6-8-22(21)27-24)30-15-13-20(14-16-30)29-26(2,3)4/h5-12,17,20,29H,13-16H2,1-4H3,(H,27,28,31). The zero-order valence-electron chi connectivity index (χ0n) is 18.9. The average Bonchev–Trinajstić information content (AvgIpc) is 2.73. The number of aromatic nitrogens is 1. The van der Waals surface area contributed by atoms with Crippen molar-refractivity contribution < 1.29 is 4.79 Å². The number of para-hydroxylation sites is 1. The molecule has 0 unspecified atom stereocenters. The lowest BCUT2D eigenvalue weighted by molar-refractivity contribution is 0.102. The first kappa shape index (κ1) is 21.3. The van der Waals surface area contributed by atoms with E-state index >= 15 is 0 Å². The lowest BCUT2D eigenvalue weighted by Crippen LogP contribution is -2.49. The lowest BCUT2D eigenvalue weighted by atomic mass is 9.99. The van der Waals surface area contributed by atoms with Crippen LogP contribution in [0, 0.1) is 6.92 Å². The highest BCUT2D eigenvalue weighted by atomic mass is 16.1. The van der Waals surface area contributed by atoms with Gasteiger partial charge in [0, 0.05) is 47.4 Å². The van der Waals surface area contributed by atoms with Crippen molar-refractivity contribution in [2.45, 2.75) is 52.1 Å². The summed E-state index contributed by atoms with van der Waals surface area (Å²) in [5.74, 6) is 0.455. The predicted molar refractivity (Wildman–Crippen MR) is 129 cm³/mol. The number of nitrogens with one attached hydrogen (secondary N) is 2. The summed E-state index contributed by atoms with van der Waals surface area (Å²) in [6, 6.07) is 18.3. The molecule has 1 saturated heterocycles. The van der Waals surface area contributed by atoms with E-state index in [1.165, 1.54) is 0 Å². The number of pyridine rings is 1. The number of rotatable bonds is 4. The molecule has 4 rings (SSSR count). The number of benzene rings is 2. The Hall–Kier alpha value is -2.92. The van der Waals surface area contributed by atoms with Crippen molar-refractivity contribution in [3.63, 3.8) is 0 Å². The summed E-state index contributed by atoms with van der Waals surface area (Å²) >= 11 is 0. The fourth-order valence-corrected chi connectivity index (χ4v) is 4.25. The maximum Gasteiger partial charge on any atom is 0.256 e. The number of piperidine rings is 1. The van der Waals surface area contributed by atoms with Gasteiger partial charge >= 0.3 is 0 Å². The summed E-state index contributed by atoms with van der Waals surface area (Å²) < 4.78 is 0. The van der Waals surface area contributed by atoms with E-state index in [4.69, 9.17) is 4.98 Å². The fraction of sp³-hybridized carbons (Fsp3) is 0.385. The molecule has 1 amide bonds. The minimum Gasteiger partial charge on any atom is -0.371 e. The Kier molecular flexibility index (Phi) is 5.96. The predicted octanol–water partition coefficient (Wildman–Crippen LogP) is 5.15. The molecule has 1 aromatic heterocycles. The molecule has 1 fully saturated rings. The lowest BCUT2D eigenvalue weighted by Gasteiger charge is -2.37. The topological polar surface area (TPSA) is 57.3 Å². The normalized spacial score (nSPS) is 15.3.